The van der Waals surface area contributed by atoms with Crippen LogP contribution in [0.25, 0.3) is 0 Å². The first-order valence-electron chi connectivity index (χ1n) is 6.05. The fourth-order valence-corrected chi connectivity index (χ4v) is 2.91. The summed E-state index contributed by atoms with van der Waals surface area (Å²) >= 11 is 0. The summed E-state index contributed by atoms with van der Waals surface area (Å²) in [4.78, 5) is 23.5. The Bertz CT molecular complexity index is 343. The van der Waals surface area contributed by atoms with Crippen molar-refractivity contribution >= 4 is 11.8 Å². The van der Waals surface area contributed by atoms with Crippen LogP contribution in [0.2, 0.25) is 0 Å². The molecule has 0 radical (unpaired) electrons. The fraction of sp³-hybridized carbons (Fsp3) is 0.692. The Morgan fingerprint density at radius 1 is 1.50 bits per heavy atom. The molecule has 0 aromatic carbocycles. The summed E-state index contributed by atoms with van der Waals surface area (Å²) in [6.45, 7) is 4.26. The number of hydrogen-bond donors (Lipinski definition) is 0. The summed E-state index contributed by atoms with van der Waals surface area (Å²) in [6.07, 6.45) is 4.34. The Morgan fingerprint density at radius 2 is 2.25 bits per heavy atom. The minimum Gasteiger partial charge on any atom is -0.463 e. The normalized spacial score (nSPS) is 33.2. The van der Waals surface area contributed by atoms with E-state index in [-0.39, 0.29) is 17.8 Å². The van der Waals surface area contributed by atoms with E-state index in [4.69, 9.17) is 4.74 Å². The van der Waals surface area contributed by atoms with Gasteiger partial charge in [0, 0.05) is 23.8 Å². The molecule has 3 atom stereocenters. The number of Topliss-reactive ketones (excluding diaryl/α,β-unsaturated/α-hetero) is 1. The van der Waals surface area contributed by atoms with Gasteiger partial charge in [-0.1, -0.05) is 13.0 Å². The van der Waals surface area contributed by atoms with Gasteiger partial charge in [0.2, 0.25) is 0 Å². The van der Waals surface area contributed by atoms with Crippen molar-refractivity contribution in [3.05, 3.63) is 11.6 Å². The largest absolute Gasteiger partial charge is 0.463 e. The van der Waals surface area contributed by atoms with Crippen LogP contribution in [0.3, 0.4) is 0 Å². The van der Waals surface area contributed by atoms with E-state index in [0.717, 1.165) is 18.4 Å². The Labute approximate surface area is 95.9 Å². The smallest absolute Gasteiger partial charge is 0.333 e. The standard InChI is InChI=1S/C13H18O3/c1-3-16-13(15)11-7-8(2)6-10-9(11)4-5-12(10)14/h7-10H,3-6H2,1-2H3/t8-,9-,10-/m0/s1. The number of carbonyl (C=O) groups is 2. The number of esters is 1. The van der Waals surface area contributed by atoms with E-state index in [0.29, 0.717) is 24.7 Å². The first-order valence-corrected chi connectivity index (χ1v) is 6.05. The van der Waals surface area contributed by atoms with E-state index in [1.807, 2.05) is 13.0 Å². The van der Waals surface area contributed by atoms with Gasteiger partial charge in [0.15, 0.2) is 0 Å². The van der Waals surface area contributed by atoms with Gasteiger partial charge < -0.3 is 4.74 Å². The lowest BCUT2D eigenvalue weighted by atomic mass is 9.76. The molecule has 88 valence electrons. The first kappa shape index (κ1) is 11.4. The first-order chi connectivity index (χ1) is 7.63. The van der Waals surface area contributed by atoms with Gasteiger partial charge >= 0.3 is 5.97 Å². The van der Waals surface area contributed by atoms with Gasteiger partial charge in [0.25, 0.3) is 0 Å². The molecule has 2 aliphatic rings. The third-order valence-corrected chi connectivity index (χ3v) is 3.60. The minimum absolute atomic E-state index is 0.0689. The molecule has 0 heterocycles. The predicted molar refractivity (Wildman–Crippen MR) is 59.7 cm³/mol. The topological polar surface area (TPSA) is 43.4 Å². The highest BCUT2D eigenvalue weighted by atomic mass is 16.5. The monoisotopic (exact) mass is 222 g/mol. The van der Waals surface area contributed by atoms with Crippen molar-refractivity contribution in [2.24, 2.45) is 17.8 Å². The van der Waals surface area contributed by atoms with Crippen molar-refractivity contribution in [3.63, 3.8) is 0 Å². The summed E-state index contributed by atoms with van der Waals surface area (Å²) in [6, 6.07) is 0. The van der Waals surface area contributed by atoms with Gasteiger partial charge in [-0.15, -0.1) is 0 Å². The van der Waals surface area contributed by atoms with Crippen LogP contribution in [0.5, 0.6) is 0 Å². The summed E-state index contributed by atoms with van der Waals surface area (Å²) in [7, 11) is 0. The van der Waals surface area contributed by atoms with E-state index >= 15 is 0 Å². The predicted octanol–water partition coefficient (Wildman–Crippen LogP) is 2.11. The van der Waals surface area contributed by atoms with Gasteiger partial charge in [-0.2, -0.15) is 0 Å². The van der Waals surface area contributed by atoms with Crippen LogP contribution in [0.4, 0.5) is 0 Å². The van der Waals surface area contributed by atoms with E-state index in [1.54, 1.807) is 0 Å². The molecule has 0 saturated heterocycles. The average molecular weight is 222 g/mol. The molecule has 3 nitrogen and oxygen atoms in total. The second-order valence-corrected chi connectivity index (χ2v) is 4.77. The zero-order valence-electron chi connectivity index (χ0n) is 9.86. The van der Waals surface area contributed by atoms with Crippen LogP contribution in [0.1, 0.15) is 33.1 Å². The number of carbonyl (C=O) groups excluding carboxylic acids is 2. The van der Waals surface area contributed by atoms with Gasteiger partial charge in [-0.05, 0) is 25.7 Å². The maximum atomic E-state index is 11.8. The maximum absolute atomic E-state index is 11.8. The quantitative estimate of drug-likeness (QED) is 0.672. The van der Waals surface area contributed by atoms with Crippen molar-refractivity contribution in [1.29, 1.82) is 0 Å². The van der Waals surface area contributed by atoms with Gasteiger partial charge in [-0.3, -0.25) is 4.79 Å². The molecule has 0 aliphatic heterocycles. The zero-order chi connectivity index (χ0) is 11.7. The molecule has 0 amide bonds. The summed E-state index contributed by atoms with van der Waals surface area (Å²) < 4.78 is 5.05. The molecule has 0 N–H and O–H groups in total. The lowest BCUT2D eigenvalue weighted by Crippen LogP contribution is -2.28. The van der Waals surface area contributed by atoms with E-state index < -0.39 is 0 Å². The Balaban J connectivity index is 2.22. The molecule has 0 bridgehead atoms. The summed E-state index contributed by atoms with van der Waals surface area (Å²) in [5.41, 5.74) is 0.747. The zero-order valence-corrected chi connectivity index (χ0v) is 9.86. The van der Waals surface area contributed by atoms with Crippen LogP contribution in [-0.2, 0) is 14.3 Å². The number of rotatable bonds is 2. The van der Waals surface area contributed by atoms with Crippen LogP contribution in [0, 0.1) is 17.8 Å². The minimum atomic E-state index is -0.223. The van der Waals surface area contributed by atoms with E-state index in [2.05, 4.69) is 6.92 Å². The van der Waals surface area contributed by atoms with Crippen molar-refractivity contribution in [2.75, 3.05) is 6.61 Å². The van der Waals surface area contributed by atoms with Crippen LogP contribution in [-0.4, -0.2) is 18.4 Å². The van der Waals surface area contributed by atoms with Crippen LogP contribution >= 0.6 is 0 Å². The number of allylic oxidation sites excluding steroid dienone is 1. The van der Waals surface area contributed by atoms with Crippen molar-refractivity contribution in [3.8, 4) is 0 Å². The van der Waals surface area contributed by atoms with Gasteiger partial charge in [0.1, 0.15) is 5.78 Å². The Morgan fingerprint density at radius 3 is 2.94 bits per heavy atom. The maximum Gasteiger partial charge on any atom is 0.333 e. The molecule has 3 heteroatoms. The molecule has 0 unspecified atom stereocenters. The fourth-order valence-electron chi connectivity index (χ4n) is 2.91. The average Bonchev–Trinajstić information content (AvgIpc) is 2.60. The third-order valence-electron chi connectivity index (χ3n) is 3.60. The van der Waals surface area contributed by atoms with Crippen LogP contribution in [0.15, 0.2) is 11.6 Å². The molecular weight excluding hydrogens is 204 g/mol. The molecule has 0 aromatic heterocycles. The molecule has 1 saturated carbocycles. The van der Waals surface area contributed by atoms with E-state index in [9.17, 15) is 9.59 Å². The lowest BCUT2D eigenvalue weighted by Gasteiger charge is -2.27. The highest BCUT2D eigenvalue weighted by Gasteiger charge is 2.42. The number of ether oxygens (including phenoxy) is 1. The number of fused-ring (bicyclic) bond motifs is 1. The Kier molecular flexibility index (Phi) is 3.13. The summed E-state index contributed by atoms with van der Waals surface area (Å²) in [5.74, 6) is 0.607. The number of ketones is 1. The third kappa shape index (κ3) is 1.91. The molecule has 0 aromatic rings. The molecule has 2 rings (SSSR count). The molecule has 1 fully saturated rings. The van der Waals surface area contributed by atoms with Gasteiger partial charge in [0.05, 0.1) is 6.61 Å². The van der Waals surface area contributed by atoms with Crippen molar-refractivity contribution in [2.45, 2.75) is 33.1 Å². The molecule has 16 heavy (non-hydrogen) atoms. The van der Waals surface area contributed by atoms with Crippen molar-refractivity contribution in [1.82, 2.24) is 0 Å². The lowest BCUT2D eigenvalue weighted by molar-refractivity contribution is -0.139. The van der Waals surface area contributed by atoms with Gasteiger partial charge in [-0.25, -0.2) is 4.79 Å². The highest BCUT2D eigenvalue weighted by molar-refractivity contribution is 5.93. The summed E-state index contributed by atoms with van der Waals surface area (Å²) in [5, 5.41) is 0. The second kappa shape index (κ2) is 4.40. The Hall–Kier alpha value is -1.12. The van der Waals surface area contributed by atoms with Crippen molar-refractivity contribution < 1.29 is 14.3 Å². The van der Waals surface area contributed by atoms with Crippen LogP contribution < -0.4 is 0 Å². The molecule has 2 aliphatic carbocycles. The van der Waals surface area contributed by atoms with E-state index in [1.165, 1.54) is 0 Å². The SMILES string of the molecule is CCOC(=O)C1=C[C@@H](C)C[C@@H]2C(=O)CC[C@H]12. The molecular formula is C13H18O3. The number of hydrogen-bond acceptors (Lipinski definition) is 3. The highest BCUT2D eigenvalue weighted by Crippen LogP contribution is 2.42. The molecule has 0 spiro atoms. The second-order valence-electron chi connectivity index (χ2n) is 4.77.